The number of nitrogens with two attached hydrogens (primary N) is 1. The van der Waals surface area contributed by atoms with Gasteiger partial charge in [0.2, 0.25) is 0 Å². The van der Waals surface area contributed by atoms with Crippen LogP contribution in [0.2, 0.25) is 0 Å². The molecular formula is C24H26N2S. The van der Waals surface area contributed by atoms with Gasteiger partial charge in [0.15, 0.2) is 0 Å². The quantitative estimate of drug-likeness (QED) is 0.628. The van der Waals surface area contributed by atoms with E-state index in [2.05, 4.69) is 108 Å². The Morgan fingerprint density at radius 2 is 1.22 bits per heavy atom. The van der Waals surface area contributed by atoms with Crippen LogP contribution >= 0.6 is 11.8 Å². The van der Waals surface area contributed by atoms with Crippen molar-refractivity contribution in [3.05, 3.63) is 108 Å². The third kappa shape index (κ3) is 3.68. The van der Waals surface area contributed by atoms with Crippen molar-refractivity contribution in [1.82, 2.24) is 5.32 Å². The Kier molecular flexibility index (Phi) is 5.63. The first-order valence-corrected chi connectivity index (χ1v) is 10.5. The standard InChI is InChI=1S/C24H26N2S/c25-17-22-16-23(18-26-22)27-24(19-10-4-1-5-11-19,20-12-6-2-7-13-20)21-14-8-3-9-15-21/h1-15,22-23,26H,16-18,25H2. The fourth-order valence-electron chi connectivity index (χ4n) is 4.02. The highest BCUT2D eigenvalue weighted by Crippen LogP contribution is 2.51. The van der Waals surface area contributed by atoms with E-state index < -0.39 is 0 Å². The molecule has 3 heteroatoms. The van der Waals surface area contributed by atoms with E-state index in [1.54, 1.807) is 0 Å². The van der Waals surface area contributed by atoms with Crippen LogP contribution in [0.25, 0.3) is 0 Å². The lowest BCUT2D eigenvalue weighted by atomic mass is 9.84. The first-order valence-electron chi connectivity index (χ1n) is 9.61. The highest BCUT2D eigenvalue weighted by Gasteiger charge is 2.40. The van der Waals surface area contributed by atoms with Crippen LogP contribution in [-0.4, -0.2) is 24.4 Å². The van der Waals surface area contributed by atoms with E-state index in [0.717, 1.165) is 13.0 Å². The molecule has 1 saturated heterocycles. The average Bonchev–Trinajstić information content (AvgIpc) is 3.21. The zero-order valence-corrected chi connectivity index (χ0v) is 16.2. The predicted octanol–water partition coefficient (Wildman–Crippen LogP) is 4.40. The molecule has 1 heterocycles. The van der Waals surface area contributed by atoms with Gasteiger partial charge in [-0.2, -0.15) is 0 Å². The molecule has 0 aromatic heterocycles. The Bertz CT molecular complexity index is 739. The van der Waals surface area contributed by atoms with Crippen molar-refractivity contribution in [2.24, 2.45) is 5.73 Å². The van der Waals surface area contributed by atoms with Crippen LogP contribution in [0.15, 0.2) is 91.0 Å². The van der Waals surface area contributed by atoms with Gasteiger partial charge in [-0.25, -0.2) is 0 Å². The van der Waals surface area contributed by atoms with Crippen LogP contribution < -0.4 is 11.1 Å². The summed E-state index contributed by atoms with van der Waals surface area (Å²) in [4.78, 5) is 0. The van der Waals surface area contributed by atoms with Crippen molar-refractivity contribution < 1.29 is 0 Å². The number of thioether (sulfide) groups is 1. The number of rotatable bonds is 6. The Morgan fingerprint density at radius 1 is 0.778 bits per heavy atom. The maximum absolute atomic E-state index is 5.92. The molecule has 3 aromatic carbocycles. The third-order valence-electron chi connectivity index (χ3n) is 5.35. The minimum absolute atomic E-state index is 0.236. The lowest BCUT2D eigenvalue weighted by Gasteiger charge is -2.37. The molecular weight excluding hydrogens is 348 g/mol. The maximum Gasteiger partial charge on any atom is 0.0910 e. The second-order valence-corrected chi connectivity index (χ2v) is 8.61. The van der Waals surface area contributed by atoms with Crippen molar-refractivity contribution in [2.45, 2.75) is 22.5 Å². The summed E-state index contributed by atoms with van der Waals surface area (Å²) in [5, 5.41) is 4.10. The lowest BCUT2D eigenvalue weighted by molar-refractivity contribution is 0.617. The summed E-state index contributed by atoms with van der Waals surface area (Å²) in [5.74, 6) is 0. The monoisotopic (exact) mass is 374 g/mol. The molecule has 0 bridgehead atoms. The van der Waals surface area contributed by atoms with Crippen molar-refractivity contribution >= 4 is 11.8 Å². The molecule has 0 saturated carbocycles. The molecule has 4 rings (SSSR count). The third-order valence-corrected chi connectivity index (χ3v) is 7.10. The Morgan fingerprint density at radius 3 is 1.59 bits per heavy atom. The summed E-state index contributed by atoms with van der Waals surface area (Å²) >= 11 is 2.06. The molecule has 3 N–H and O–H groups in total. The fraction of sp³-hybridized carbons (Fsp3) is 0.250. The molecule has 1 fully saturated rings. The van der Waals surface area contributed by atoms with Gasteiger partial charge in [-0.15, -0.1) is 11.8 Å². The van der Waals surface area contributed by atoms with Gasteiger partial charge in [0.1, 0.15) is 0 Å². The second-order valence-electron chi connectivity index (χ2n) is 7.10. The van der Waals surface area contributed by atoms with Crippen LogP contribution in [0, 0.1) is 0 Å². The molecule has 27 heavy (non-hydrogen) atoms. The Hall–Kier alpha value is -2.07. The van der Waals surface area contributed by atoms with Crippen molar-refractivity contribution in [3.63, 3.8) is 0 Å². The SMILES string of the molecule is NCC1CC(SC(c2ccccc2)(c2ccccc2)c2ccccc2)CN1. The van der Waals surface area contributed by atoms with Crippen LogP contribution in [-0.2, 0) is 4.75 Å². The minimum Gasteiger partial charge on any atom is -0.329 e. The fourth-order valence-corrected chi connectivity index (χ4v) is 5.85. The summed E-state index contributed by atoms with van der Waals surface area (Å²) in [6.45, 7) is 1.70. The summed E-state index contributed by atoms with van der Waals surface area (Å²) in [6.07, 6.45) is 1.11. The van der Waals surface area contributed by atoms with Gasteiger partial charge in [-0.3, -0.25) is 0 Å². The highest BCUT2D eigenvalue weighted by atomic mass is 32.2. The molecule has 0 radical (unpaired) electrons. The van der Waals surface area contributed by atoms with E-state index in [0.29, 0.717) is 17.8 Å². The number of hydrogen-bond donors (Lipinski definition) is 2. The zero-order chi connectivity index (χ0) is 18.5. The smallest absolute Gasteiger partial charge is 0.0910 e. The molecule has 138 valence electrons. The summed E-state index contributed by atoms with van der Waals surface area (Å²) in [5.41, 5.74) is 9.89. The molecule has 2 nitrogen and oxygen atoms in total. The number of benzene rings is 3. The molecule has 2 unspecified atom stereocenters. The van der Waals surface area contributed by atoms with Crippen LogP contribution in [0.5, 0.6) is 0 Å². The predicted molar refractivity (Wildman–Crippen MR) is 116 cm³/mol. The first-order chi connectivity index (χ1) is 13.3. The summed E-state index contributed by atoms with van der Waals surface area (Å²) in [7, 11) is 0. The van der Waals surface area contributed by atoms with Gasteiger partial charge in [0.05, 0.1) is 4.75 Å². The van der Waals surface area contributed by atoms with Gasteiger partial charge in [0.25, 0.3) is 0 Å². The number of hydrogen-bond acceptors (Lipinski definition) is 3. The van der Waals surface area contributed by atoms with Gasteiger partial charge in [0, 0.05) is 24.4 Å². The highest BCUT2D eigenvalue weighted by molar-refractivity contribution is 8.01. The maximum atomic E-state index is 5.92. The van der Waals surface area contributed by atoms with Crippen LogP contribution in [0.3, 0.4) is 0 Å². The molecule has 2 atom stereocenters. The summed E-state index contributed by atoms with van der Waals surface area (Å²) in [6, 6.07) is 33.1. The van der Waals surface area contributed by atoms with E-state index >= 15 is 0 Å². The largest absolute Gasteiger partial charge is 0.329 e. The minimum atomic E-state index is -0.236. The zero-order valence-electron chi connectivity index (χ0n) is 15.4. The average molecular weight is 375 g/mol. The van der Waals surface area contributed by atoms with E-state index in [1.807, 2.05) is 0 Å². The van der Waals surface area contributed by atoms with E-state index in [9.17, 15) is 0 Å². The Labute approximate surface area is 166 Å². The molecule has 1 aliphatic rings. The Balaban J connectivity index is 1.87. The van der Waals surface area contributed by atoms with Gasteiger partial charge in [-0.05, 0) is 23.1 Å². The molecule has 0 amide bonds. The normalized spacial score (nSPS) is 19.9. The van der Waals surface area contributed by atoms with Crippen molar-refractivity contribution in [3.8, 4) is 0 Å². The van der Waals surface area contributed by atoms with E-state index in [-0.39, 0.29) is 4.75 Å². The summed E-state index contributed by atoms with van der Waals surface area (Å²) < 4.78 is -0.236. The molecule has 1 aliphatic heterocycles. The lowest BCUT2D eigenvalue weighted by Crippen LogP contribution is -2.29. The molecule has 0 spiro atoms. The first kappa shape index (κ1) is 18.3. The van der Waals surface area contributed by atoms with E-state index in [4.69, 9.17) is 5.73 Å². The van der Waals surface area contributed by atoms with Crippen LogP contribution in [0.1, 0.15) is 23.1 Å². The van der Waals surface area contributed by atoms with Gasteiger partial charge >= 0.3 is 0 Å². The molecule has 3 aromatic rings. The van der Waals surface area contributed by atoms with Crippen molar-refractivity contribution in [1.29, 1.82) is 0 Å². The van der Waals surface area contributed by atoms with Gasteiger partial charge in [-0.1, -0.05) is 91.0 Å². The second kappa shape index (κ2) is 8.30. The number of nitrogens with one attached hydrogen (secondary N) is 1. The van der Waals surface area contributed by atoms with Crippen molar-refractivity contribution in [2.75, 3.05) is 13.1 Å². The topological polar surface area (TPSA) is 38.0 Å². The van der Waals surface area contributed by atoms with Gasteiger partial charge < -0.3 is 11.1 Å². The van der Waals surface area contributed by atoms with E-state index in [1.165, 1.54) is 16.7 Å². The van der Waals surface area contributed by atoms with Crippen LogP contribution in [0.4, 0.5) is 0 Å². The molecule has 0 aliphatic carbocycles.